The Bertz CT molecular complexity index is 659. The molecule has 20 heavy (non-hydrogen) atoms. The molecular weight excluding hydrogens is 306 g/mol. The second-order valence-electron chi connectivity index (χ2n) is 3.92. The maximum Gasteiger partial charge on any atom is 0.338 e. The van der Waals surface area contributed by atoms with E-state index in [0.717, 1.165) is 0 Å². The minimum Gasteiger partial charge on any atom is -0.487 e. The highest BCUT2D eigenvalue weighted by atomic mass is 35.5. The van der Waals surface area contributed by atoms with Gasteiger partial charge in [-0.2, -0.15) is 0 Å². The van der Waals surface area contributed by atoms with Gasteiger partial charge in [0.05, 0.1) is 10.6 Å². The van der Waals surface area contributed by atoms with Gasteiger partial charge in [-0.05, 0) is 18.2 Å². The summed E-state index contributed by atoms with van der Waals surface area (Å²) >= 11 is 11.8. The molecule has 0 heterocycles. The normalized spacial score (nSPS) is 10.3. The molecule has 0 saturated heterocycles. The Balaban J connectivity index is 2.21. The molecule has 0 radical (unpaired) electrons. The Labute approximate surface area is 124 Å². The summed E-state index contributed by atoms with van der Waals surface area (Å²) in [5.41, 5.74) is -0.274. The Morgan fingerprint density at radius 3 is 2.60 bits per heavy atom. The predicted octanol–water partition coefficient (Wildman–Crippen LogP) is 4.41. The van der Waals surface area contributed by atoms with Crippen molar-refractivity contribution < 1.29 is 19.0 Å². The van der Waals surface area contributed by atoms with E-state index in [9.17, 15) is 9.18 Å². The van der Waals surface area contributed by atoms with Crippen LogP contribution in [0.3, 0.4) is 0 Å². The number of benzene rings is 2. The summed E-state index contributed by atoms with van der Waals surface area (Å²) in [4.78, 5) is 10.8. The second kappa shape index (κ2) is 6.11. The molecule has 1 N–H and O–H groups in total. The number of hydrogen-bond donors (Lipinski definition) is 1. The minimum atomic E-state index is -1.33. The zero-order chi connectivity index (χ0) is 14.7. The number of halogens is 3. The van der Waals surface area contributed by atoms with Gasteiger partial charge >= 0.3 is 5.97 Å². The average molecular weight is 315 g/mol. The van der Waals surface area contributed by atoms with Crippen LogP contribution < -0.4 is 4.74 Å². The molecule has 0 saturated carbocycles. The van der Waals surface area contributed by atoms with E-state index in [1.807, 2.05) is 0 Å². The number of hydrogen-bond acceptors (Lipinski definition) is 2. The van der Waals surface area contributed by atoms with Gasteiger partial charge in [-0.25, -0.2) is 9.18 Å². The molecule has 0 aliphatic heterocycles. The molecule has 0 fully saturated rings. The molecule has 0 aromatic heterocycles. The quantitative estimate of drug-likeness (QED) is 0.909. The Morgan fingerprint density at radius 2 is 1.90 bits per heavy atom. The fourth-order valence-corrected chi connectivity index (χ4v) is 1.95. The van der Waals surface area contributed by atoms with E-state index in [0.29, 0.717) is 10.8 Å². The highest BCUT2D eigenvalue weighted by Gasteiger charge is 2.14. The lowest BCUT2D eigenvalue weighted by Gasteiger charge is -2.10. The smallest absolute Gasteiger partial charge is 0.338 e. The number of ether oxygens (including phenoxy) is 1. The van der Waals surface area contributed by atoms with Gasteiger partial charge in [0.25, 0.3) is 0 Å². The van der Waals surface area contributed by atoms with E-state index < -0.39 is 17.3 Å². The first-order valence-electron chi connectivity index (χ1n) is 5.58. The van der Waals surface area contributed by atoms with Crippen LogP contribution in [-0.2, 0) is 6.61 Å². The van der Waals surface area contributed by atoms with Crippen LogP contribution in [0.15, 0.2) is 36.4 Å². The van der Waals surface area contributed by atoms with Crippen LogP contribution in [0.4, 0.5) is 4.39 Å². The average Bonchev–Trinajstić information content (AvgIpc) is 2.41. The van der Waals surface area contributed by atoms with Crippen molar-refractivity contribution in [3.63, 3.8) is 0 Å². The standard InChI is InChI=1S/C14H9Cl2FO3/c15-10-5-2-6-11(12(10)16)20-7-8-3-1-4-9(13(8)17)14(18)19/h1-6H,7H2,(H,18,19). The van der Waals surface area contributed by atoms with Gasteiger partial charge < -0.3 is 9.84 Å². The third kappa shape index (κ3) is 3.03. The molecule has 0 spiro atoms. The van der Waals surface area contributed by atoms with Crippen molar-refractivity contribution in [3.8, 4) is 5.75 Å². The van der Waals surface area contributed by atoms with Crippen molar-refractivity contribution in [3.05, 3.63) is 63.4 Å². The van der Waals surface area contributed by atoms with Crippen LogP contribution in [-0.4, -0.2) is 11.1 Å². The predicted molar refractivity (Wildman–Crippen MR) is 74.2 cm³/mol. The van der Waals surface area contributed by atoms with Crippen LogP contribution in [0.5, 0.6) is 5.75 Å². The maximum absolute atomic E-state index is 13.9. The van der Waals surface area contributed by atoms with Crippen molar-refractivity contribution in [1.29, 1.82) is 0 Å². The first-order chi connectivity index (χ1) is 9.50. The van der Waals surface area contributed by atoms with Crippen molar-refractivity contribution in [2.45, 2.75) is 6.61 Å². The van der Waals surface area contributed by atoms with Gasteiger partial charge in [-0.15, -0.1) is 0 Å². The second-order valence-corrected chi connectivity index (χ2v) is 4.71. The molecule has 2 aromatic carbocycles. The maximum atomic E-state index is 13.9. The lowest BCUT2D eigenvalue weighted by Crippen LogP contribution is -2.06. The molecule has 0 amide bonds. The fourth-order valence-electron chi connectivity index (χ4n) is 1.61. The number of rotatable bonds is 4. The lowest BCUT2D eigenvalue weighted by molar-refractivity contribution is 0.0691. The van der Waals surface area contributed by atoms with Crippen molar-refractivity contribution in [2.75, 3.05) is 0 Å². The van der Waals surface area contributed by atoms with E-state index in [1.54, 1.807) is 18.2 Å². The van der Waals surface area contributed by atoms with E-state index >= 15 is 0 Å². The van der Waals surface area contributed by atoms with Crippen LogP contribution in [0.2, 0.25) is 10.0 Å². The molecule has 2 rings (SSSR count). The molecular formula is C14H9Cl2FO3. The van der Waals surface area contributed by atoms with Crippen molar-refractivity contribution in [2.24, 2.45) is 0 Å². The Morgan fingerprint density at radius 1 is 1.20 bits per heavy atom. The largest absolute Gasteiger partial charge is 0.487 e. The zero-order valence-corrected chi connectivity index (χ0v) is 11.6. The molecule has 2 aromatic rings. The summed E-state index contributed by atoms with van der Waals surface area (Å²) < 4.78 is 19.3. The monoisotopic (exact) mass is 314 g/mol. The van der Waals surface area contributed by atoms with Gasteiger partial charge in [0.15, 0.2) is 0 Å². The highest BCUT2D eigenvalue weighted by molar-refractivity contribution is 6.42. The topological polar surface area (TPSA) is 46.5 Å². The Hall–Kier alpha value is -1.78. The van der Waals surface area contributed by atoms with Crippen LogP contribution >= 0.6 is 23.2 Å². The number of aromatic carboxylic acids is 1. The van der Waals surface area contributed by atoms with E-state index in [2.05, 4.69) is 0 Å². The molecule has 104 valence electrons. The summed E-state index contributed by atoms with van der Waals surface area (Å²) in [6, 6.07) is 8.92. The number of carbonyl (C=O) groups is 1. The van der Waals surface area contributed by atoms with Gasteiger partial charge in [-0.1, -0.05) is 41.4 Å². The van der Waals surface area contributed by atoms with E-state index in [4.69, 9.17) is 33.0 Å². The summed E-state index contributed by atoms with van der Waals surface area (Å²) in [7, 11) is 0. The van der Waals surface area contributed by atoms with Gasteiger partial charge in [0, 0.05) is 5.56 Å². The third-order valence-corrected chi connectivity index (χ3v) is 3.41. The summed E-state index contributed by atoms with van der Waals surface area (Å²) in [5.74, 6) is -1.84. The number of carboxylic acids is 1. The van der Waals surface area contributed by atoms with E-state index in [-0.39, 0.29) is 17.2 Å². The third-order valence-electron chi connectivity index (χ3n) is 2.61. The van der Waals surface area contributed by atoms with Gasteiger partial charge in [0.2, 0.25) is 0 Å². The fraction of sp³-hybridized carbons (Fsp3) is 0.0714. The first kappa shape index (κ1) is 14.6. The minimum absolute atomic E-state index is 0.126. The number of carboxylic acid groups (broad SMARTS) is 1. The molecule has 0 aliphatic carbocycles. The van der Waals surface area contributed by atoms with Crippen LogP contribution in [0.25, 0.3) is 0 Å². The molecule has 6 heteroatoms. The summed E-state index contributed by atoms with van der Waals surface area (Å²) in [5, 5.41) is 9.39. The van der Waals surface area contributed by atoms with Crippen molar-refractivity contribution in [1.82, 2.24) is 0 Å². The first-order valence-corrected chi connectivity index (χ1v) is 6.33. The molecule has 3 nitrogen and oxygen atoms in total. The summed E-state index contributed by atoms with van der Waals surface area (Å²) in [6.07, 6.45) is 0. The molecule has 0 bridgehead atoms. The van der Waals surface area contributed by atoms with Gasteiger partial charge in [0.1, 0.15) is 23.2 Å². The zero-order valence-electron chi connectivity index (χ0n) is 10.1. The lowest BCUT2D eigenvalue weighted by atomic mass is 10.1. The molecule has 0 unspecified atom stereocenters. The SMILES string of the molecule is O=C(O)c1cccc(COc2cccc(Cl)c2Cl)c1F. The highest BCUT2D eigenvalue weighted by Crippen LogP contribution is 2.32. The van der Waals surface area contributed by atoms with Crippen LogP contribution in [0, 0.1) is 5.82 Å². The molecule has 0 atom stereocenters. The van der Waals surface area contributed by atoms with Crippen molar-refractivity contribution >= 4 is 29.2 Å². The summed E-state index contributed by atoms with van der Waals surface area (Å²) in [6.45, 7) is -0.146. The van der Waals surface area contributed by atoms with Crippen LogP contribution in [0.1, 0.15) is 15.9 Å². The van der Waals surface area contributed by atoms with E-state index in [1.165, 1.54) is 18.2 Å². The molecule has 0 aliphatic rings. The Kier molecular flexibility index (Phi) is 4.47. The van der Waals surface area contributed by atoms with Gasteiger partial charge in [-0.3, -0.25) is 0 Å².